The van der Waals surface area contributed by atoms with Crippen LogP contribution in [-0.4, -0.2) is 25.0 Å². The molecule has 3 saturated carbocycles. The van der Waals surface area contributed by atoms with Gasteiger partial charge in [0.1, 0.15) is 5.92 Å². The minimum absolute atomic E-state index is 0.0310. The van der Waals surface area contributed by atoms with Crippen molar-refractivity contribution in [1.82, 2.24) is 0 Å². The van der Waals surface area contributed by atoms with Gasteiger partial charge in [-0.05, 0) is 42.6 Å². The van der Waals surface area contributed by atoms with E-state index < -0.39 is 5.92 Å². The van der Waals surface area contributed by atoms with Gasteiger partial charge in [-0.3, -0.25) is 9.59 Å². The predicted molar refractivity (Wildman–Crippen MR) is 97.2 cm³/mol. The molecule has 3 aliphatic rings. The van der Waals surface area contributed by atoms with Crippen LogP contribution in [0.3, 0.4) is 0 Å². The van der Waals surface area contributed by atoms with Gasteiger partial charge in [0.2, 0.25) is 0 Å². The Morgan fingerprint density at radius 2 is 1.92 bits per heavy atom. The van der Waals surface area contributed by atoms with Crippen LogP contribution in [0.15, 0.2) is 30.3 Å². The fourth-order valence-electron chi connectivity index (χ4n) is 6.41. The van der Waals surface area contributed by atoms with Crippen molar-refractivity contribution in [1.29, 1.82) is 0 Å². The zero-order valence-electron chi connectivity index (χ0n) is 15.9. The van der Waals surface area contributed by atoms with E-state index in [9.17, 15) is 9.59 Å². The smallest absolute Gasteiger partial charge is 0.316 e. The van der Waals surface area contributed by atoms with Gasteiger partial charge in [-0.1, -0.05) is 44.2 Å². The average Bonchev–Trinajstić information content (AvgIpc) is 3.14. The molecular weight excluding hydrogens is 328 g/mol. The Morgan fingerprint density at radius 1 is 1.19 bits per heavy atom. The second-order valence-electron chi connectivity index (χ2n) is 9.02. The van der Waals surface area contributed by atoms with E-state index in [1.54, 1.807) is 0 Å². The van der Waals surface area contributed by atoms with E-state index in [-0.39, 0.29) is 34.6 Å². The lowest BCUT2D eigenvalue weighted by Crippen LogP contribution is -2.52. The van der Waals surface area contributed by atoms with E-state index in [1.807, 2.05) is 18.2 Å². The van der Waals surface area contributed by atoms with E-state index >= 15 is 0 Å². The molecule has 0 radical (unpaired) electrons. The number of ether oxygens (including phenoxy) is 2. The topological polar surface area (TPSA) is 52.6 Å². The third kappa shape index (κ3) is 2.53. The molecule has 0 aliphatic heterocycles. The van der Waals surface area contributed by atoms with Crippen LogP contribution < -0.4 is 0 Å². The number of ketones is 1. The first kappa shape index (κ1) is 17.7. The Balaban J connectivity index is 1.60. The highest BCUT2D eigenvalue weighted by Crippen LogP contribution is 2.68. The van der Waals surface area contributed by atoms with Crippen molar-refractivity contribution in [2.75, 3.05) is 7.11 Å². The molecule has 0 N–H and O–H groups in total. The molecule has 1 aromatic carbocycles. The molecule has 2 bridgehead atoms. The Hall–Kier alpha value is -1.68. The molecule has 1 unspecified atom stereocenters. The Bertz CT molecular complexity index is 710. The summed E-state index contributed by atoms with van der Waals surface area (Å²) < 4.78 is 11.3. The maximum absolute atomic E-state index is 13.2. The van der Waals surface area contributed by atoms with Gasteiger partial charge in [-0.15, -0.1) is 0 Å². The SMILES string of the molecule is COC(=O)C1C[C@@]23CC[C@@H](C2)[C@H](OCc2ccccc2)C(C)(C)[C@@H]3C1=O. The maximum atomic E-state index is 13.2. The number of benzene rings is 1. The quantitative estimate of drug-likeness (QED) is 0.609. The molecule has 5 atom stereocenters. The summed E-state index contributed by atoms with van der Waals surface area (Å²) in [6.07, 6.45) is 3.81. The molecule has 1 aromatic rings. The standard InChI is InChI=1S/C22H28O4/c1-21(2)18-17(23)16(20(24)25-3)12-22(18)10-9-15(11-22)19(21)26-13-14-7-5-4-6-8-14/h4-8,15-16,18-19H,9-13H2,1-3H3/t15-,16?,18-,19-,22+/m0/s1. The predicted octanol–water partition coefficient (Wildman–Crippen LogP) is 3.78. The van der Waals surface area contributed by atoms with Gasteiger partial charge < -0.3 is 9.47 Å². The summed E-state index contributed by atoms with van der Waals surface area (Å²) in [6.45, 7) is 4.90. The number of fused-ring (bicyclic) bond motifs is 1. The fourth-order valence-corrected chi connectivity index (χ4v) is 6.41. The zero-order valence-corrected chi connectivity index (χ0v) is 15.9. The molecule has 1 spiro atoms. The average molecular weight is 356 g/mol. The minimum atomic E-state index is -0.587. The van der Waals surface area contributed by atoms with Crippen molar-refractivity contribution in [3.05, 3.63) is 35.9 Å². The number of hydrogen-bond donors (Lipinski definition) is 0. The molecule has 0 aromatic heterocycles. The summed E-state index contributed by atoms with van der Waals surface area (Å²) in [5.41, 5.74) is 0.855. The highest BCUT2D eigenvalue weighted by molar-refractivity contribution is 6.03. The van der Waals surface area contributed by atoms with Crippen LogP contribution in [0.1, 0.15) is 45.1 Å². The van der Waals surface area contributed by atoms with Crippen molar-refractivity contribution in [2.24, 2.45) is 28.6 Å². The number of Topliss-reactive ketones (excluding diaryl/α,β-unsaturated/α-hetero) is 1. The van der Waals surface area contributed by atoms with E-state index in [0.717, 1.165) is 24.8 Å². The lowest BCUT2D eigenvalue weighted by molar-refractivity contribution is -0.156. The van der Waals surface area contributed by atoms with Crippen LogP contribution in [0.4, 0.5) is 0 Å². The first-order valence-corrected chi connectivity index (χ1v) is 9.66. The van der Waals surface area contributed by atoms with Crippen LogP contribution in [-0.2, 0) is 25.7 Å². The van der Waals surface area contributed by atoms with Crippen LogP contribution >= 0.6 is 0 Å². The second-order valence-corrected chi connectivity index (χ2v) is 9.02. The summed E-state index contributed by atoms with van der Waals surface area (Å²) in [7, 11) is 1.38. The van der Waals surface area contributed by atoms with Gasteiger partial charge in [0, 0.05) is 11.3 Å². The van der Waals surface area contributed by atoms with Gasteiger partial charge in [0.05, 0.1) is 19.8 Å². The maximum Gasteiger partial charge on any atom is 0.316 e. The Labute approximate surface area is 155 Å². The molecule has 0 amide bonds. The normalized spacial score (nSPS) is 37.4. The van der Waals surface area contributed by atoms with E-state index in [4.69, 9.17) is 9.47 Å². The first-order valence-electron chi connectivity index (χ1n) is 9.66. The van der Waals surface area contributed by atoms with Crippen LogP contribution in [0.2, 0.25) is 0 Å². The molecule has 0 saturated heterocycles. The van der Waals surface area contributed by atoms with Gasteiger partial charge in [-0.2, -0.15) is 0 Å². The third-order valence-corrected chi connectivity index (χ3v) is 7.20. The number of carbonyl (C=O) groups excluding carboxylic acids is 2. The van der Waals surface area contributed by atoms with Gasteiger partial charge in [0.15, 0.2) is 5.78 Å². The van der Waals surface area contributed by atoms with E-state index in [2.05, 4.69) is 26.0 Å². The third-order valence-electron chi connectivity index (χ3n) is 7.20. The molecule has 4 rings (SSSR count). The Kier molecular flexibility index (Phi) is 4.22. The fraction of sp³-hybridized carbons (Fsp3) is 0.636. The molecule has 4 heteroatoms. The summed E-state index contributed by atoms with van der Waals surface area (Å²) in [5.74, 6) is -0.515. The van der Waals surface area contributed by atoms with Crippen molar-refractivity contribution < 1.29 is 19.1 Å². The largest absolute Gasteiger partial charge is 0.468 e. The van der Waals surface area contributed by atoms with Crippen molar-refractivity contribution in [3.8, 4) is 0 Å². The van der Waals surface area contributed by atoms with Gasteiger partial charge in [0.25, 0.3) is 0 Å². The number of methoxy groups -OCH3 is 1. The summed E-state index contributed by atoms with van der Waals surface area (Å²) >= 11 is 0. The summed E-state index contributed by atoms with van der Waals surface area (Å²) in [6, 6.07) is 10.2. The minimum Gasteiger partial charge on any atom is -0.468 e. The Morgan fingerprint density at radius 3 is 2.62 bits per heavy atom. The summed E-state index contributed by atoms with van der Waals surface area (Å²) in [4.78, 5) is 25.4. The van der Waals surface area contributed by atoms with Crippen LogP contribution in [0, 0.1) is 28.6 Å². The van der Waals surface area contributed by atoms with E-state index in [0.29, 0.717) is 18.9 Å². The lowest BCUT2D eigenvalue weighted by atomic mass is 9.56. The number of esters is 1. The van der Waals surface area contributed by atoms with Gasteiger partial charge >= 0.3 is 5.97 Å². The van der Waals surface area contributed by atoms with Crippen LogP contribution in [0.25, 0.3) is 0 Å². The van der Waals surface area contributed by atoms with Crippen LogP contribution in [0.5, 0.6) is 0 Å². The number of hydrogen-bond acceptors (Lipinski definition) is 4. The molecule has 0 heterocycles. The van der Waals surface area contributed by atoms with Gasteiger partial charge in [-0.25, -0.2) is 0 Å². The summed E-state index contributed by atoms with van der Waals surface area (Å²) in [5, 5.41) is 0. The second kappa shape index (κ2) is 6.19. The molecule has 3 aliphatic carbocycles. The number of carbonyl (C=O) groups is 2. The zero-order chi connectivity index (χ0) is 18.5. The molecule has 140 valence electrons. The monoisotopic (exact) mass is 356 g/mol. The molecule has 26 heavy (non-hydrogen) atoms. The van der Waals surface area contributed by atoms with Crippen molar-refractivity contribution >= 4 is 11.8 Å². The molecule has 3 fully saturated rings. The van der Waals surface area contributed by atoms with Crippen molar-refractivity contribution in [2.45, 2.75) is 52.2 Å². The number of rotatable bonds is 4. The lowest BCUT2D eigenvalue weighted by Gasteiger charge is -2.50. The molecule has 4 nitrogen and oxygen atoms in total. The highest BCUT2D eigenvalue weighted by Gasteiger charge is 2.68. The first-order chi connectivity index (χ1) is 12.4. The highest BCUT2D eigenvalue weighted by atomic mass is 16.5. The molecular formula is C22H28O4. The van der Waals surface area contributed by atoms with E-state index in [1.165, 1.54) is 7.11 Å². The van der Waals surface area contributed by atoms with Crippen molar-refractivity contribution in [3.63, 3.8) is 0 Å².